The maximum absolute atomic E-state index is 12.9. The van der Waals surface area contributed by atoms with Gasteiger partial charge in [0.15, 0.2) is 23.4 Å². The highest BCUT2D eigenvalue weighted by atomic mass is 16.5. The molecule has 1 saturated heterocycles. The van der Waals surface area contributed by atoms with E-state index in [4.69, 9.17) is 16.3 Å². The fraction of sp³-hybridized carbons (Fsp3) is 0.550. The minimum absolute atomic E-state index is 0.0818. The maximum atomic E-state index is 12.9. The minimum Gasteiger partial charge on any atom is -0.493 e. The van der Waals surface area contributed by atoms with E-state index in [0.29, 0.717) is 17.9 Å². The number of hydrogen-bond donors (Lipinski definition) is 1. The molecule has 0 aromatic heterocycles. The molecular weight excluding hydrogens is 318 g/mol. The number of Topliss-reactive ketones (excluding diaryl/α,β-unsaturated/α-hetero) is 1. The van der Waals surface area contributed by atoms with Crippen molar-refractivity contribution in [1.82, 2.24) is 4.90 Å². The number of carbonyl (C=O) groups excluding carboxylic acids is 1. The second-order valence-corrected chi connectivity index (χ2v) is 7.39. The number of ketones is 1. The highest BCUT2D eigenvalue weighted by Crippen LogP contribution is 2.64. The molecule has 2 aliphatic carbocycles. The van der Waals surface area contributed by atoms with Crippen LogP contribution in [-0.2, 0) is 16.6 Å². The normalized spacial score (nSPS) is 41.4. The van der Waals surface area contributed by atoms with Crippen LogP contribution in [0.4, 0.5) is 0 Å². The van der Waals surface area contributed by atoms with Crippen molar-refractivity contribution in [2.75, 3.05) is 20.2 Å². The van der Waals surface area contributed by atoms with Gasteiger partial charge in [-0.15, -0.1) is 6.53 Å². The predicted molar refractivity (Wildman–Crippen MR) is 92.2 cm³/mol. The first-order valence-corrected chi connectivity index (χ1v) is 8.63. The van der Waals surface area contributed by atoms with Crippen molar-refractivity contribution >= 4 is 5.78 Å². The standard InChI is InChI=1S/C20H23NO4/c1-3-9-21-10-8-19-16-12-4-5-14(24-2)17(16)25-18(19)13(22)6-7-20(19,23)15(21)11-12/h3-5,15,18,23H,1,6-11H2,2H3/t15-,18+,19+,20-/m1/s1/i1D2,3D,9D2. The van der Waals surface area contributed by atoms with E-state index in [9.17, 15) is 9.90 Å². The lowest BCUT2D eigenvalue weighted by Gasteiger charge is -2.62. The zero-order chi connectivity index (χ0) is 21.6. The number of piperidine rings is 1. The molecule has 25 heavy (non-hydrogen) atoms. The van der Waals surface area contributed by atoms with Gasteiger partial charge < -0.3 is 14.6 Å². The molecule has 0 amide bonds. The monoisotopic (exact) mass is 346 g/mol. The number of rotatable bonds is 3. The largest absolute Gasteiger partial charge is 0.493 e. The molecule has 5 rings (SSSR count). The highest BCUT2D eigenvalue weighted by Gasteiger charge is 2.73. The van der Waals surface area contributed by atoms with Gasteiger partial charge in [0.2, 0.25) is 0 Å². The number of nitrogens with zero attached hydrogens (tertiary/aromatic N) is 1. The molecule has 5 nitrogen and oxygen atoms in total. The van der Waals surface area contributed by atoms with Crippen LogP contribution in [0.3, 0.4) is 0 Å². The Kier molecular flexibility index (Phi) is 2.14. The van der Waals surface area contributed by atoms with Crippen molar-refractivity contribution in [3.8, 4) is 11.5 Å². The van der Waals surface area contributed by atoms with E-state index in [-0.39, 0.29) is 31.6 Å². The molecule has 4 aliphatic rings. The molecule has 1 spiro atoms. The van der Waals surface area contributed by atoms with Crippen LogP contribution in [0.1, 0.15) is 37.2 Å². The van der Waals surface area contributed by atoms with Gasteiger partial charge in [0.05, 0.1) is 22.2 Å². The number of hydrogen-bond acceptors (Lipinski definition) is 5. The summed E-state index contributed by atoms with van der Waals surface area (Å²) in [6, 6.07) is 2.17. The van der Waals surface area contributed by atoms with Gasteiger partial charge in [-0.2, -0.15) is 0 Å². The van der Waals surface area contributed by atoms with Crippen molar-refractivity contribution in [1.29, 1.82) is 0 Å². The Labute approximate surface area is 154 Å². The van der Waals surface area contributed by atoms with Gasteiger partial charge in [-0.1, -0.05) is 12.1 Å². The summed E-state index contributed by atoms with van der Waals surface area (Å²) >= 11 is 0. The Morgan fingerprint density at radius 1 is 1.64 bits per heavy atom. The SMILES string of the molecule is [2H]C([2H])=C([2H])C([2H])([2H])N1CC[C@]23c4c5ccc(OC)c4O[C@H]2C(=O)CC[C@@]3(O)[C@H]1C5. The summed E-state index contributed by atoms with van der Waals surface area (Å²) < 4.78 is 51.5. The van der Waals surface area contributed by atoms with Crippen LogP contribution in [0.2, 0.25) is 0 Å². The first-order chi connectivity index (χ1) is 14.1. The van der Waals surface area contributed by atoms with E-state index >= 15 is 0 Å². The van der Waals surface area contributed by atoms with Gasteiger partial charge in [0.25, 0.3) is 0 Å². The van der Waals surface area contributed by atoms with Gasteiger partial charge in [0, 0.05) is 33.8 Å². The van der Waals surface area contributed by atoms with Crippen molar-refractivity contribution in [2.24, 2.45) is 0 Å². The van der Waals surface area contributed by atoms with E-state index in [1.54, 1.807) is 6.07 Å². The van der Waals surface area contributed by atoms with Gasteiger partial charge in [-0.05, 0) is 30.9 Å². The molecule has 1 aromatic rings. The molecule has 1 N–H and O–H groups in total. The third kappa shape index (κ3) is 1.59. The second-order valence-electron chi connectivity index (χ2n) is 7.39. The summed E-state index contributed by atoms with van der Waals surface area (Å²) in [6.07, 6.45) is 0.0125. The fourth-order valence-corrected chi connectivity index (χ4v) is 5.68. The average Bonchev–Trinajstić information content (AvgIpc) is 3.05. The van der Waals surface area contributed by atoms with E-state index in [1.165, 1.54) is 12.0 Å². The van der Waals surface area contributed by atoms with Crippen molar-refractivity contribution in [2.45, 2.75) is 48.8 Å². The highest BCUT2D eigenvalue weighted by molar-refractivity contribution is 5.90. The van der Waals surface area contributed by atoms with Crippen LogP contribution in [0, 0.1) is 0 Å². The molecule has 0 radical (unpaired) electrons. The number of aliphatic hydroxyl groups is 1. The van der Waals surface area contributed by atoms with E-state index in [1.807, 2.05) is 6.07 Å². The number of methoxy groups -OCH3 is 1. The number of carbonyl (C=O) groups is 1. The molecule has 1 aromatic carbocycles. The zero-order valence-electron chi connectivity index (χ0n) is 19.0. The van der Waals surface area contributed by atoms with E-state index < -0.39 is 42.2 Å². The number of benzene rings is 1. The Morgan fingerprint density at radius 2 is 2.52 bits per heavy atom. The summed E-state index contributed by atoms with van der Waals surface area (Å²) in [5, 5.41) is 12.1. The quantitative estimate of drug-likeness (QED) is 0.843. The summed E-state index contributed by atoms with van der Waals surface area (Å²) in [4.78, 5) is 14.3. The second kappa shape index (κ2) is 4.86. The predicted octanol–water partition coefficient (Wildman–Crippen LogP) is 1.60. The van der Waals surface area contributed by atoms with E-state index in [2.05, 4.69) is 0 Å². The molecule has 5 heteroatoms. The van der Waals surface area contributed by atoms with Gasteiger partial charge in [0.1, 0.15) is 0 Å². The van der Waals surface area contributed by atoms with Crippen LogP contribution in [0.25, 0.3) is 0 Å². The van der Waals surface area contributed by atoms with Crippen LogP contribution >= 0.6 is 0 Å². The van der Waals surface area contributed by atoms with Crippen molar-refractivity contribution in [3.05, 3.63) is 35.8 Å². The summed E-state index contributed by atoms with van der Waals surface area (Å²) in [5.74, 6) is 0.916. The zero-order valence-corrected chi connectivity index (χ0v) is 14.0. The lowest BCUT2D eigenvalue weighted by molar-refractivity contribution is -0.187. The molecule has 1 saturated carbocycles. The van der Waals surface area contributed by atoms with Crippen molar-refractivity contribution < 1.29 is 26.2 Å². The molecule has 2 fully saturated rings. The minimum atomic E-state index is -2.38. The smallest absolute Gasteiger partial charge is 0.174 e. The third-order valence-corrected chi connectivity index (χ3v) is 6.66. The Morgan fingerprint density at radius 3 is 3.32 bits per heavy atom. The Hall–Kier alpha value is -1.85. The summed E-state index contributed by atoms with van der Waals surface area (Å²) in [5.41, 5.74) is -0.771. The molecular formula is C20H23NO4. The summed E-state index contributed by atoms with van der Waals surface area (Å²) in [7, 11) is 1.53. The Balaban J connectivity index is 1.73. The number of ether oxygens (including phenoxy) is 2. The first kappa shape index (κ1) is 11.0. The number of likely N-dealkylation sites (tertiary alicyclic amines) is 1. The van der Waals surface area contributed by atoms with E-state index in [0.717, 1.165) is 11.1 Å². The molecule has 2 bridgehead atoms. The van der Waals surface area contributed by atoms with Crippen LogP contribution in [0.5, 0.6) is 11.5 Å². The average molecular weight is 346 g/mol. The van der Waals surface area contributed by atoms with Crippen molar-refractivity contribution in [3.63, 3.8) is 0 Å². The maximum Gasteiger partial charge on any atom is 0.174 e. The van der Waals surface area contributed by atoms with Crippen LogP contribution in [-0.4, -0.2) is 53.7 Å². The van der Waals surface area contributed by atoms with Gasteiger partial charge >= 0.3 is 0 Å². The lowest BCUT2D eigenvalue weighted by atomic mass is 9.49. The molecule has 132 valence electrons. The van der Waals surface area contributed by atoms with Gasteiger partial charge in [-0.25, -0.2) is 0 Å². The Bertz CT molecular complexity index is 994. The van der Waals surface area contributed by atoms with Crippen LogP contribution < -0.4 is 9.47 Å². The molecule has 4 atom stereocenters. The molecule has 2 aliphatic heterocycles. The fourth-order valence-electron chi connectivity index (χ4n) is 5.68. The molecule has 2 heterocycles. The molecule has 0 unspecified atom stereocenters. The lowest BCUT2D eigenvalue weighted by Crippen LogP contribution is -2.76. The third-order valence-electron chi connectivity index (χ3n) is 6.66. The van der Waals surface area contributed by atoms with Gasteiger partial charge in [-0.3, -0.25) is 9.69 Å². The summed E-state index contributed by atoms with van der Waals surface area (Å²) in [6.45, 7) is -3.11. The topological polar surface area (TPSA) is 59.0 Å². The first-order valence-electron chi connectivity index (χ1n) is 11.1. The van der Waals surface area contributed by atoms with Crippen LogP contribution in [0.15, 0.2) is 24.7 Å².